The molecule has 1 saturated heterocycles. The van der Waals surface area contributed by atoms with Gasteiger partial charge in [-0.05, 0) is 18.8 Å². The van der Waals surface area contributed by atoms with E-state index in [1.807, 2.05) is 0 Å². The van der Waals surface area contributed by atoms with Crippen LogP contribution in [0.1, 0.15) is 40.0 Å². The molecule has 4 heteroatoms. The lowest BCUT2D eigenvalue weighted by Crippen LogP contribution is -2.24. The third-order valence-electron chi connectivity index (χ3n) is 5.30. The second-order valence-electron chi connectivity index (χ2n) is 6.61. The minimum absolute atomic E-state index is 0.0371. The van der Waals surface area contributed by atoms with Crippen LogP contribution < -0.4 is 0 Å². The maximum atomic E-state index is 11.7. The van der Waals surface area contributed by atoms with Crippen LogP contribution in [0.15, 0.2) is 23.3 Å². The molecule has 0 amide bonds. The molecular formula is C17H22O4. The molecule has 1 heterocycles. The number of hydrogen-bond acceptors (Lipinski definition) is 4. The van der Waals surface area contributed by atoms with E-state index in [9.17, 15) is 9.59 Å². The Balaban J connectivity index is 1.86. The van der Waals surface area contributed by atoms with E-state index in [1.165, 1.54) is 18.1 Å². The molecule has 0 aromatic carbocycles. The third kappa shape index (κ3) is 2.30. The molecule has 0 radical (unpaired) electrons. The van der Waals surface area contributed by atoms with Crippen molar-refractivity contribution in [1.82, 2.24) is 0 Å². The van der Waals surface area contributed by atoms with E-state index in [4.69, 9.17) is 9.47 Å². The summed E-state index contributed by atoms with van der Waals surface area (Å²) in [6, 6.07) is 0. The summed E-state index contributed by atoms with van der Waals surface area (Å²) in [5, 5.41) is 0. The van der Waals surface area contributed by atoms with Gasteiger partial charge in [0.15, 0.2) is 0 Å². The lowest BCUT2D eigenvalue weighted by molar-refractivity contribution is -0.147. The molecule has 1 aliphatic heterocycles. The first-order valence-corrected chi connectivity index (χ1v) is 7.67. The Morgan fingerprint density at radius 2 is 2.00 bits per heavy atom. The zero-order chi connectivity index (χ0) is 15.3. The molecule has 0 N–H and O–H groups in total. The fourth-order valence-electron chi connectivity index (χ4n) is 4.10. The molecule has 0 spiro atoms. The summed E-state index contributed by atoms with van der Waals surface area (Å²) < 4.78 is 10.9. The van der Waals surface area contributed by atoms with Crippen LogP contribution in [0.25, 0.3) is 0 Å². The summed E-state index contributed by atoms with van der Waals surface area (Å²) in [6.07, 6.45) is 2.38. The Bertz CT molecular complexity index is 545. The molecule has 3 rings (SSSR count). The van der Waals surface area contributed by atoms with Crippen LogP contribution in [0.5, 0.6) is 0 Å². The fraction of sp³-hybridized carbons (Fsp3) is 0.647. The second-order valence-corrected chi connectivity index (χ2v) is 6.61. The number of hydrogen-bond donors (Lipinski definition) is 0. The number of carbonyl (C=O) groups excluding carboxylic acids is 2. The predicted octanol–water partition coefficient (Wildman–Crippen LogP) is 2.78. The maximum Gasteiger partial charge on any atom is 0.334 e. The Morgan fingerprint density at radius 3 is 2.67 bits per heavy atom. The molecule has 2 aliphatic carbocycles. The first-order chi connectivity index (χ1) is 9.88. The Morgan fingerprint density at radius 1 is 1.29 bits per heavy atom. The maximum absolute atomic E-state index is 11.7. The highest BCUT2D eigenvalue weighted by Crippen LogP contribution is 2.48. The van der Waals surface area contributed by atoms with Gasteiger partial charge in [-0.1, -0.05) is 31.6 Å². The molecule has 4 nitrogen and oxygen atoms in total. The van der Waals surface area contributed by atoms with Crippen molar-refractivity contribution in [3.63, 3.8) is 0 Å². The Hall–Kier alpha value is -1.58. The Labute approximate surface area is 125 Å². The number of rotatable bonds is 1. The molecule has 0 saturated carbocycles. The summed E-state index contributed by atoms with van der Waals surface area (Å²) in [6.45, 7) is 9.66. The molecule has 21 heavy (non-hydrogen) atoms. The first-order valence-electron chi connectivity index (χ1n) is 7.67. The van der Waals surface area contributed by atoms with E-state index in [-0.39, 0.29) is 36.0 Å². The van der Waals surface area contributed by atoms with E-state index >= 15 is 0 Å². The van der Waals surface area contributed by atoms with Gasteiger partial charge in [0, 0.05) is 30.8 Å². The molecule has 1 fully saturated rings. The van der Waals surface area contributed by atoms with Gasteiger partial charge in [0.05, 0.1) is 0 Å². The van der Waals surface area contributed by atoms with Crippen molar-refractivity contribution < 1.29 is 19.1 Å². The summed E-state index contributed by atoms with van der Waals surface area (Å²) in [7, 11) is 0. The minimum Gasteiger partial charge on any atom is -0.462 e. The summed E-state index contributed by atoms with van der Waals surface area (Å²) in [5.41, 5.74) is 3.34. The van der Waals surface area contributed by atoms with Crippen molar-refractivity contribution in [3.05, 3.63) is 23.3 Å². The van der Waals surface area contributed by atoms with Crippen molar-refractivity contribution in [2.75, 3.05) is 0 Å². The van der Waals surface area contributed by atoms with Gasteiger partial charge < -0.3 is 9.47 Å². The molecule has 114 valence electrons. The summed E-state index contributed by atoms with van der Waals surface area (Å²) >= 11 is 0. The summed E-state index contributed by atoms with van der Waals surface area (Å²) in [4.78, 5) is 23.0. The monoisotopic (exact) mass is 290 g/mol. The molecule has 0 aromatic rings. The van der Waals surface area contributed by atoms with Gasteiger partial charge in [-0.15, -0.1) is 0 Å². The van der Waals surface area contributed by atoms with Gasteiger partial charge in [-0.2, -0.15) is 0 Å². The van der Waals surface area contributed by atoms with E-state index < -0.39 is 0 Å². The SMILES string of the molecule is C=C1C(=O)O[C@@H]2C[C@@H](C)C3=C(C[C@@H]12)[C@H](C)[C@H](OC(C)=O)C3. The molecular weight excluding hydrogens is 268 g/mol. The van der Waals surface area contributed by atoms with Crippen molar-refractivity contribution in [2.24, 2.45) is 17.8 Å². The molecule has 5 atom stereocenters. The standard InChI is InChI=1S/C17H22O4/c1-8-5-16-14(10(3)17(19)21-16)6-13-9(2)15(7-12(8)13)20-11(4)18/h8-9,14-16H,3,5-7H2,1-2,4H3/t8-,9+,14+,15-,16-/m1/s1. The lowest BCUT2D eigenvalue weighted by Gasteiger charge is -2.22. The zero-order valence-corrected chi connectivity index (χ0v) is 12.8. The normalized spacial score (nSPS) is 38.7. The third-order valence-corrected chi connectivity index (χ3v) is 5.30. The van der Waals surface area contributed by atoms with Crippen LogP contribution in [0.2, 0.25) is 0 Å². The van der Waals surface area contributed by atoms with Crippen LogP contribution in [0.3, 0.4) is 0 Å². The molecule has 3 aliphatic rings. The Kier molecular flexibility index (Phi) is 3.42. The van der Waals surface area contributed by atoms with Crippen molar-refractivity contribution >= 4 is 11.9 Å². The van der Waals surface area contributed by atoms with Crippen LogP contribution in [-0.2, 0) is 19.1 Å². The number of carbonyl (C=O) groups is 2. The van der Waals surface area contributed by atoms with Crippen LogP contribution >= 0.6 is 0 Å². The van der Waals surface area contributed by atoms with Gasteiger partial charge in [0.2, 0.25) is 0 Å². The van der Waals surface area contributed by atoms with Gasteiger partial charge in [-0.3, -0.25) is 4.79 Å². The van der Waals surface area contributed by atoms with Gasteiger partial charge in [0.25, 0.3) is 0 Å². The quantitative estimate of drug-likeness (QED) is 0.423. The minimum atomic E-state index is -0.247. The molecule has 0 aromatic heterocycles. The van der Waals surface area contributed by atoms with E-state index in [0.29, 0.717) is 11.5 Å². The van der Waals surface area contributed by atoms with Crippen molar-refractivity contribution in [2.45, 2.75) is 52.2 Å². The number of ether oxygens (including phenoxy) is 2. The highest BCUT2D eigenvalue weighted by molar-refractivity contribution is 5.90. The number of fused-ring (bicyclic) bond motifs is 1. The number of esters is 2. The van der Waals surface area contributed by atoms with E-state index in [2.05, 4.69) is 20.4 Å². The molecule has 0 bridgehead atoms. The van der Waals surface area contributed by atoms with Gasteiger partial charge in [-0.25, -0.2) is 4.79 Å². The van der Waals surface area contributed by atoms with Crippen LogP contribution in [0.4, 0.5) is 0 Å². The topological polar surface area (TPSA) is 52.6 Å². The first kappa shape index (κ1) is 14.4. The largest absolute Gasteiger partial charge is 0.462 e. The van der Waals surface area contributed by atoms with Crippen LogP contribution in [-0.4, -0.2) is 24.1 Å². The highest BCUT2D eigenvalue weighted by atomic mass is 16.6. The average molecular weight is 290 g/mol. The smallest absolute Gasteiger partial charge is 0.334 e. The highest BCUT2D eigenvalue weighted by Gasteiger charge is 2.46. The van der Waals surface area contributed by atoms with Crippen LogP contribution in [0, 0.1) is 17.8 Å². The van der Waals surface area contributed by atoms with E-state index in [0.717, 1.165) is 19.3 Å². The van der Waals surface area contributed by atoms with Crippen molar-refractivity contribution in [3.8, 4) is 0 Å². The van der Waals surface area contributed by atoms with Crippen molar-refractivity contribution in [1.29, 1.82) is 0 Å². The molecule has 0 unspecified atom stereocenters. The summed E-state index contributed by atoms with van der Waals surface area (Å²) in [5.74, 6) is 0.193. The van der Waals surface area contributed by atoms with Gasteiger partial charge in [0.1, 0.15) is 12.2 Å². The predicted molar refractivity (Wildman–Crippen MR) is 77.3 cm³/mol. The lowest BCUT2D eigenvalue weighted by atomic mass is 9.86. The fourth-order valence-corrected chi connectivity index (χ4v) is 4.10. The zero-order valence-electron chi connectivity index (χ0n) is 12.8. The second kappa shape index (κ2) is 5.00. The van der Waals surface area contributed by atoms with Gasteiger partial charge >= 0.3 is 11.9 Å². The average Bonchev–Trinajstić information content (AvgIpc) is 2.78. The van der Waals surface area contributed by atoms with E-state index in [1.54, 1.807) is 0 Å².